The number of carbonyl (C=O) groups excluding carboxylic acids is 1. The van der Waals surface area contributed by atoms with E-state index in [0.717, 1.165) is 16.1 Å². The number of thiazole rings is 1. The maximum absolute atomic E-state index is 12.4. The topological polar surface area (TPSA) is 83.6 Å². The molecular weight excluding hydrogens is 355 g/mol. The van der Waals surface area contributed by atoms with Crippen LogP contribution in [0.5, 0.6) is 0 Å². The lowest BCUT2D eigenvalue weighted by molar-refractivity contribution is -0.144. The third-order valence-corrected chi connectivity index (χ3v) is 4.10. The molecule has 3 rings (SSSR count). The minimum absolute atomic E-state index is 0.0851. The number of benzene rings is 1. The molecular formula is C15H12F3N5OS. The lowest BCUT2D eigenvalue weighted by Gasteiger charge is -2.00. The van der Waals surface area contributed by atoms with Crippen molar-refractivity contribution in [2.75, 3.05) is 5.32 Å². The molecule has 25 heavy (non-hydrogen) atoms. The monoisotopic (exact) mass is 367 g/mol. The Morgan fingerprint density at radius 3 is 2.80 bits per heavy atom. The minimum atomic E-state index is -4.65. The van der Waals surface area contributed by atoms with E-state index in [1.165, 1.54) is 11.3 Å². The molecule has 0 bridgehead atoms. The summed E-state index contributed by atoms with van der Waals surface area (Å²) in [5.41, 5.74) is 2.56. The number of nitrogens with one attached hydrogen (secondary N) is 2. The van der Waals surface area contributed by atoms with E-state index in [9.17, 15) is 18.0 Å². The summed E-state index contributed by atoms with van der Waals surface area (Å²) >= 11 is 1.39. The van der Waals surface area contributed by atoms with Gasteiger partial charge >= 0.3 is 6.18 Å². The van der Waals surface area contributed by atoms with Crippen molar-refractivity contribution in [2.24, 2.45) is 0 Å². The summed E-state index contributed by atoms with van der Waals surface area (Å²) in [7, 11) is 0. The molecule has 0 unspecified atom stereocenters. The second-order valence-electron chi connectivity index (χ2n) is 5.24. The first-order valence-electron chi connectivity index (χ1n) is 7.12. The van der Waals surface area contributed by atoms with Gasteiger partial charge < -0.3 is 0 Å². The standard InChI is InChI=1S/C15H12F3N5OS/c1-8-3-2-4-9(5-8)12-19-10(7-25-12)6-11(24)20-14-21-13(22-23-14)15(16,17)18/h2-5,7H,6H2,1H3,(H2,20,21,22,23,24). The predicted octanol–water partition coefficient (Wildman–Crippen LogP) is 3.44. The number of aryl methyl sites for hydroxylation is 1. The fourth-order valence-corrected chi connectivity index (χ4v) is 2.89. The second kappa shape index (κ2) is 6.63. The molecule has 0 aliphatic carbocycles. The number of H-pyrrole nitrogens is 1. The summed E-state index contributed by atoms with van der Waals surface area (Å²) < 4.78 is 37.3. The zero-order valence-electron chi connectivity index (χ0n) is 12.9. The number of halogens is 3. The minimum Gasteiger partial charge on any atom is -0.293 e. The van der Waals surface area contributed by atoms with Gasteiger partial charge in [0.2, 0.25) is 17.7 Å². The van der Waals surface area contributed by atoms with Crippen LogP contribution in [0.15, 0.2) is 29.6 Å². The molecule has 1 aromatic carbocycles. The molecule has 0 atom stereocenters. The van der Waals surface area contributed by atoms with E-state index in [-0.39, 0.29) is 6.42 Å². The number of hydrogen-bond acceptors (Lipinski definition) is 5. The van der Waals surface area contributed by atoms with Crippen molar-refractivity contribution in [2.45, 2.75) is 19.5 Å². The Balaban J connectivity index is 1.65. The van der Waals surface area contributed by atoms with Crippen LogP contribution in [-0.4, -0.2) is 26.1 Å². The number of anilines is 1. The SMILES string of the molecule is Cc1cccc(-c2nc(CC(=O)Nc3n[nH]c(C(F)(F)F)n3)cs2)c1. The summed E-state index contributed by atoms with van der Waals surface area (Å²) in [5, 5.41) is 9.77. The van der Waals surface area contributed by atoms with Gasteiger partial charge in [0, 0.05) is 10.9 Å². The molecule has 2 N–H and O–H groups in total. The van der Waals surface area contributed by atoms with Crippen LogP contribution in [0.2, 0.25) is 0 Å². The normalized spacial score (nSPS) is 11.5. The molecule has 0 saturated carbocycles. The highest BCUT2D eigenvalue weighted by Crippen LogP contribution is 2.26. The average molecular weight is 367 g/mol. The van der Waals surface area contributed by atoms with Crippen molar-refractivity contribution in [3.05, 3.63) is 46.7 Å². The number of alkyl halides is 3. The third-order valence-electron chi connectivity index (χ3n) is 3.16. The Kier molecular flexibility index (Phi) is 4.53. The second-order valence-corrected chi connectivity index (χ2v) is 6.10. The summed E-state index contributed by atoms with van der Waals surface area (Å²) in [6.45, 7) is 1.97. The molecule has 0 aliphatic rings. The number of hydrogen-bond donors (Lipinski definition) is 2. The van der Waals surface area contributed by atoms with Crippen LogP contribution < -0.4 is 5.32 Å². The van der Waals surface area contributed by atoms with Crippen LogP contribution in [0.3, 0.4) is 0 Å². The van der Waals surface area contributed by atoms with Crippen LogP contribution >= 0.6 is 11.3 Å². The van der Waals surface area contributed by atoms with E-state index < -0.39 is 23.9 Å². The van der Waals surface area contributed by atoms with E-state index in [1.807, 2.05) is 31.2 Å². The van der Waals surface area contributed by atoms with Crippen molar-refractivity contribution in [3.8, 4) is 10.6 Å². The first-order chi connectivity index (χ1) is 11.8. The van der Waals surface area contributed by atoms with E-state index >= 15 is 0 Å². The van der Waals surface area contributed by atoms with Gasteiger partial charge in [0.1, 0.15) is 5.01 Å². The lowest BCUT2D eigenvalue weighted by Crippen LogP contribution is -2.16. The molecule has 2 aromatic heterocycles. The van der Waals surface area contributed by atoms with Crippen LogP contribution in [0.4, 0.5) is 19.1 Å². The highest BCUT2D eigenvalue weighted by molar-refractivity contribution is 7.13. The van der Waals surface area contributed by atoms with Crippen LogP contribution in [0.25, 0.3) is 10.6 Å². The molecule has 0 aliphatic heterocycles. The zero-order chi connectivity index (χ0) is 18.0. The number of aromatic amines is 1. The van der Waals surface area contributed by atoms with Gasteiger partial charge in [-0.05, 0) is 13.0 Å². The molecule has 3 aromatic rings. The Hall–Kier alpha value is -2.75. The van der Waals surface area contributed by atoms with Gasteiger partial charge in [-0.2, -0.15) is 18.2 Å². The molecule has 6 nitrogen and oxygen atoms in total. The molecule has 0 spiro atoms. The predicted molar refractivity (Wildman–Crippen MR) is 86.0 cm³/mol. The highest BCUT2D eigenvalue weighted by atomic mass is 32.1. The Labute approximate surface area is 144 Å². The van der Waals surface area contributed by atoms with Gasteiger partial charge in [-0.15, -0.1) is 16.4 Å². The van der Waals surface area contributed by atoms with Gasteiger partial charge in [0.05, 0.1) is 12.1 Å². The van der Waals surface area contributed by atoms with Gasteiger partial charge in [-0.1, -0.05) is 23.8 Å². The largest absolute Gasteiger partial charge is 0.451 e. The smallest absolute Gasteiger partial charge is 0.293 e. The van der Waals surface area contributed by atoms with Crippen LogP contribution in [0, 0.1) is 6.92 Å². The quantitative estimate of drug-likeness (QED) is 0.740. The van der Waals surface area contributed by atoms with Gasteiger partial charge in [0.15, 0.2) is 0 Å². The number of amides is 1. The van der Waals surface area contributed by atoms with E-state index in [2.05, 4.69) is 20.4 Å². The van der Waals surface area contributed by atoms with E-state index in [0.29, 0.717) is 5.69 Å². The number of nitrogens with zero attached hydrogens (tertiary/aromatic N) is 3. The van der Waals surface area contributed by atoms with Gasteiger partial charge in [-0.3, -0.25) is 15.2 Å². The molecule has 130 valence electrons. The fraction of sp³-hybridized carbons (Fsp3) is 0.200. The van der Waals surface area contributed by atoms with Crippen LogP contribution in [-0.2, 0) is 17.4 Å². The molecule has 0 saturated heterocycles. The summed E-state index contributed by atoms with van der Waals surface area (Å²) in [6.07, 6.45) is -4.73. The molecule has 0 radical (unpaired) electrons. The molecule has 2 heterocycles. The zero-order valence-corrected chi connectivity index (χ0v) is 13.7. The van der Waals surface area contributed by atoms with Gasteiger partial charge in [0.25, 0.3) is 0 Å². The lowest BCUT2D eigenvalue weighted by atomic mass is 10.1. The molecule has 1 amide bonds. The Morgan fingerprint density at radius 1 is 1.32 bits per heavy atom. The summed E-state index contributed by atoms with van der Waals surface area (Å²) in [4.78, 5) is 19.5. The third kappa shape index (κ3) is 4.21. The average Bonchev–Trinajstić information content (AvgIpc) is 3.16. The number of rotatable bonds is 4. The first-order valence-corrected chi connectivity index (χ1v) is 8.00. The fourth-order valence-electron chi connectivity index (χ4n) is 2.08. The maximum Gasteiger partial charge on any atom is 0.451 e. The van der Waals surface area contributed by atoms with E-state index in [1.54, 1.807) is 10.5 Å². The van der Waals surface area contributed by atoms with Crippen molar-refractivity contribution in [1.82, 2.24) is 20.2 Å². The van der Waals surface area contributed by atoms with Crippen molar-refractivity contribution in [1.29, 1.82) is 0 Å². The summed E-state index contributed by atoms with van der Waals surface area (Å²) in [5.74, 6) is -2.24. The van der Waals surface area contributed by atoms with Crippen LogP contribution in [0.1, 0.15) is 17.1 Å². The molecule has 10 heteroatoms. The number of aromatic nitrogens is 4. The Bertz CT molecular complexity index is 902. The van der Waals surface area contributed by atoms with Crippen molar-refractivity contribution >= 4 is 23.2 Å². The highest BCUT2D eigenvalue weighted by Gasteiger charge is 2.35. The Morgan fingerprint density at radius 2 is 2.12 bits per heavy atom. The van der Waals surface area contributed by atoms with E-state index in [4.69, 9.17) is 0 Å². The maximum atomic E-state index is 12.4. The van der Waals surface area contributed by atoms with Crippen molar-refractivity contribution < 1.29 is 18.0 Å². The molecule has 0 fully saturated rings. The van der Waals surface area contributed by atoms with Gasteiger partial charge in [-0.25, -0.2) is 4.98 Å². The number of carbonyl (C=O) groups is 1. The summed E-state index contributed by atoms with van der Waals surface area (Å²) in [6, 6.07) is 7.79. The van der Waals surface area contributed by atoms with Crippen molar-refractivity contribution in [3.63, 3.8) is 0 Å². The first kappa shape index (κ1) is 17.1.